The highest BCUT2D eigenvalue weighted by Crippen LogP contribution is 2.28. The number of benzene rings is 1. The van der Waals surface area contributed by atoms with Crippen molar-refractivity contribution in [3.8, 4) is 0 Å². The molecule has 0 fully saturated rings. The largest absolute Gasteiger partial charge is 0.760 e. The molecule has 0 spiro atoms. The predicted octanol–water partition coefficient (Wildman–Crippen LogP) is 2.04. The number of ether oxygens (including phenoxy) is 2. The number of allylic oxidation sites excluding steroid dienone is 2. The van der Waals surface area contributed by atoms with Crippen LogP contribution in [0.4, 0.5) is 0 Å². The van der Waals surface area contributed by atoms with E-state index >= 15 is 0 Å². The molecule has 1 aliphatic rings. The van der Waals surface area contributed by atoms with Gasteiger partial charge < -0.3 is 24.8 Å². The molecule has 4 atom stereocenters. The van der Waals surface area contributed by atoms with Crippen molar-refractivity contribution in [2.75, 3.05) is 19.8 Å². The number of carbonyl (C=O) groups is 1. The van der Waals surface area contributed by atoms with Gasteiger partial charge in [0.1, 0.15) is 12.4 Å². The molecule has 8 nitrogen and oxygen atoms in total. The SMILES string of the molecule is CC(C)(COC1=CC=CC(NS(=O)[O-])C1C(=N)P)C(=O)NCCOCc1ccccc1. The highest BCUT2D eigenvalue weighted by Gasteiger charge is 2.33. The van der Waals surface area contributed by atoms with Crippen LogP contribution in [0.15, 0.2) is 54.3 Å². The molecule has 1 amide bonds. The van der Waals surface area contributed by atoms with Crippen LogP contribution in [0.1, 0.15) is 19.4 Å². The van der Waals surface area contributed by atoms with Crippen LogP contribution in [0.2, 0.25) is 0 Å². The van der Waals surface area contributed by atoms with E-state index in [2.05, 4.69) is 19.3 Å². The summed E-state index contributed by atoms with van der Waals surface area (Å²) in [5.74, 6) is -0.355. The second kappa shape index (κ2) is 12.2. The maximum absolute atomic E-state index is 12.6. The van der Waals surface area contributed by atoms with Gasteiger partial charge in [0.15, 0.2) is 0 Å². The highest BCUT2D eigenvalue weighted by molar-refractivity contribution is 7.77. The fraction of sp³-hybridized carbons (Fsp3) is 0.429. The summed E-state index contributed by atoms with van der Waals surface area (Å²) in [7, 11) is 2.27. The first kappa shape index (κ1) is 25.4. The lowest BCUT2D eigenvalue weighted by Crippen LogP contribution is -2.43. The van der Waals surface area contributed by atoms with E-state index in [1.165, 1.54) is 0 Å². The molecule has 3 N–H and O–H groups in total. The standard InChI is InChI=1S/C21H30N3O5PS/c1-21(2,20(25)23-11-12-28-13-15-7-4-3-5-8-15)14-29-17-10-6-9-16(24-31(26)27)18(17)19(22)30/h3-10,16,18,22,24H,11-14,30H2,1-2H3,(H,23,25)(H,26,27)/p-1. The second-order valence-corrected chi connectivity index (χ2v) is 9.06. The fourth-order valence-corrected chi connectivity index (χ4v) is 3.74. The lowest BCUT2D eigenvalue weighted by atomic mass is 9.92. The minimum Gasteiger partial charge on any atom is -0.760 e. The Bertz CT molecular complexity index is 845. The van der Waals surface area contributed by atoms with E-state index in [1.54, 1.807) is 32.1 Å². The Morgan fingerprint density at radius 3 is 2.68 bits per heavy atom. The third-order valence-corrected chi connectivity index (χ3v) is 5.49. The Morgan fingerprint density at radius 1 is 1.32 bits per heavy atom. The normalized spacial score (nSPS) is 19.4. The van der Waals surface area contributed by atoms with E-state index < -0.39 is 28.6 Å². The molecular formula is C21H29N3O5PS-. The zero-order chi connectivity index (χ0) is 22.9. The van der Waals surface area contributed by atoms with Crippen LogP contribution in [0.3, 0.4) is 0 Å². The van der Waals surface area contributed by atoms with Gasteiger partial charge in [0.2, 0.25) is 5.91 Å². The maximum atomic E-state index is 12.6. The number of hydrogen-bond acceptors (Lipinski definition) is 6. The Kier molecular flexibility index (Phi) is 9.99. The molecular weight excluding hydrogens is 437 g/mol. The minimum absolute atomic E-state index is 0.0744. The van der Waals surface area contributed by atoms with Crippen molar-refractivity contribution in [2.24, 2.45) is 11.3 Å². The molecule has 170 valence electrons. The number of nitrogens with one attached hydrogen (secondary N) is 3. The summed E-state index contributed by atoms with van der Waals surface area (Å²) in [5, 5.41) is 10.8. The molecule has 31 heavy (non-hydrogen) atoms. The number of carbonyl (C=O) groups excluding carboxylic acids is 1. The second-order valence-electron chi connectivity index (χ2n) is 7.73. The van der Waals surface area contributed by atoms with Crippen molar-refractivity contribution >= 4 is 31.9 Å². The van der Waals surface area contributed by atoms with Crippen molar-refractivity contribution < 1.29 is 23.0 Å². The zero-order valence-corrected chi connectivity index (χ0v) is 19.6. The van der Waals surface area contributed by atoms with Crippen LogP contribution in [-0.4, -0.2) is 45.9 Å². The zero-order valence-electron chi connectivity index (χ0n) is 17.6. The lowest BCUT2D eigenvalue weighted by molar-refractivity contribution is -0.132. The molecule has 1 aromatic rings. The fourth-order valence-electron chi connectivity index (χ4n) is 2.93. The van der Waals surface area contributed by atoms with Gasteiger partial charge in [-0.25, -0.2) is 4.72 Å². The van der Waals surface area contributed by atoms with Crippen LogP contribution in [0, 0.1) is 16.7 Å². The van der Waals surface area contributed by atoms with Gasteiger partial charge in [-0.2, -0.15) is 0 Å². The molecule has 0 bridgehead atoms. The molecule has 1 aliphatic carbocycles. The monoisotopic (exact) mass is 466 g/mol. The quantitative estimate of drug-likeness (QED) is 0.188. The summed E-state index contributed by atoms with van der Waals surface area (Å²) in [6, 6.07) is 9.17. The molecule has 0 saturated carbocycles. The summed E-state index contributed by atoms with van der Waals surface area (Å²) in [4.78, 5) is 12.6. The summed E-state index contributed by atoms with van der Waals surface area (Å²) in [5.41, 5.74) is 0.413. The molecule has 0 saturated heterocycles. The smallest absolute Gasteiger partial charge is 0.229 e. The van der Waals surface area contributed by atoms with Gasteiger partial charge in [-0.15, -0.1) is 0 Å². The number of rotatable bonds is 12. The molecule has 2 rings (SSSR count). The van der Waals surface area contributed by atoms with Crippen LogP contribution in [0.25, 0.3) is 0 Å². The summed E-state index contributed by atoms with van der Waals surface area (Å²) in [6.07, 6.45) is 5.00. The van der Waals surface area contributed by atoms with E-state index in [9.17, 15) is 13.6 Å². The third-order valence-electron chi connectivity index (χ3n) is 4.67. The highest BCUT2D eigenvalue weighted by atomic mass is 32.2. The van der Waals surface area contributed by atoms with Gasteiger partial charge in [-0.3, -0.25) is 9.00 Å². The van der Waals surface area contributed by atoms with Gasteiger partial charge >= 0.3 is 0 Å². The van der Waals surface area contributed by atoms with E-state index in [-0.39, 0.29) is 18.0 Å². The first-order chi connectivity index (χ1) is 14.7. The van der Waals surface area contributed by atoms with Crippen LogP contribution in [0.5, 0.6) is 0 Å². The van der Waals surface area contributed by atoms with E-state index in [0.29, 0.717) is 25.5 Å². The Morgan fingerprint density at radius 2 is 2.03 bits per heavy atom. The summed E-state index contributed by atoms with van der Waals surface area (Å²) >= 11 is -2.48. The predicted molar refractivity (Wildman–Crippen MR) is 123 cm³/mol. The van der Waals surface area contributed by atoms with Gasteiger partial charge in [-0.1, -0.05) is 51.7 Å². The molecule has 4 unspecified atom stereocenters. The summed E-state index contributed by atoms with van der Waals surface area (Å²) < 4.78 is 35.9. The Balaban J connectivity index is 1.81. The number of amides is 1. The van der Waals surface area contributed by atoms with Crippen molar-refractivity contribution in [3.63, 3.8) is 0 Å². The average Bonchev–Trinajstić information content (AvgIpc) is 2.72. The van der Waals surface area contributed by atoms with Crippen molar-refractivity contribution in [3.05, 3.63) is 59.9 Å². The van der Waals surface area contributed by atoms with E-state index in [0.717, 1.165) is 5.56 Å². The molecule has 0 aliphatic heterocycles. The molecule has 0 radical (unpaired) electrons. The van der Waals surface area contributed by atoms with Gasteiger partial charge in [0.05, 0.1) is 30.6 Å². The van der Waals surface area contributed by atoms with E-state index in [1.807, 2.05) is 30.3 Å². The van der Waals surface area contributed by atoms with Crippen molar-refractivity contribution in [2.45, 2.75) is 26.5 Å². The first-order valence-corrected chi connectivity index (χ1v) is 11.5. The van der Waals surface area contributed by atoms with Gasteiger partial charge in [0, 0.05) is 23.3 Å². The maximum Gasteiger partial charge on any atom is 0.229 e. The topological polar surface area (TPSA) is 124 Å². The van der Waals surface area contributed by atoms with Crippen LogP contribution in [-0.2, 0) is 32.1 Å². The Hall–Kier alpha value is -1.90. The molecule has 1 aromatic carbocycles. The van der Waals surface area contributed by atoms with E-state index in [4.69, 9.17) is 14.9 Å². The third kappa shape index (κ3) is 8.27. The molecule has 0 aromatic heterocycles. The average molecular weight is 467 g/mol. The molecule has 0 heterocycles. The Labute approximate surface area is 188 Å². The lowest BCUT2D eigenvalue weighted by Gasteiger charge is -2.32. The van der Waals surface area contributed by atoms with Gasteiger partial charge in [-0.05, 0) is 25.5 Å². The van der Waals surface area contributed by atoms with Crippen LogP contribution < -0.4 is 10.0 Å². The minimum atomic E-state index is -2.48. The van der Waals surface area contributed by atoms with Crippen molar-refractivity contribution in [1.29, 1.82) is 5.41 Å². The van der Waals surface area contributed by atoms with Crippen molar-refractivity contribution in [1.82, 2.24) is 10.0 Å². The van der Waals surface area contributed by atoms with Gasteiger partial charge in [0.25, 0.3) is 0 Å². The molecule has 10 heteroatoms. The van der Waals surface area contributed by atoms with Crippen LogP contribution >= 0.6 is 9.24 Å². The number of hydrogen-bond donors (Lipinski definition) is 3. The summed E-state index contributed by atoms with van der Waals surface area (Å²) in [6.45, 7) is 4.84. The first-order valence-electron chi connectivity index (χ1n) is 9.81.